The lowest BCUT2D eigenvalue weighted by Crippen LogP contribution is -2.43. The number of benzene rings is 2. The lowest BCUT2D eigenvalue weighted by Gasteiger charge is -2.21. The molecule has 0 fully saturated rings. The van der Waals surface area contributed by atoms with E-state index in [1.165, 1.54) is 24.3 Å². The van der Waals surface area contributed by atoms with Gasteiger partial charge in [-0.1, -0.05) is 18.2 Å². The minimum atomic E-state index is -0.898. The van der Waals surface area contributed by atoms with Crippen LogP contribution in [0, 0.1) is 0 Å². The summed E-state index contributed by atoms with van der Waals surface area (Å²) in [6.07, 6.45) is 0. The average molecular weight is 389 g/mol. The third-order valence-corrected chi connectivity index (χ3v) is 3.17. The molecule has 0 atom stereocenters. The quantitative estimate of drug-likeness (QED) is 0.304. The van der Waals surface area contributed by atoms with Crippen LogP contribution in [0.5, 0.6) is 5.75 Å². The number of aromatic hydroxyl groups is 1. The van der Waals surface area contributed by atoms with Crippen LogP contribution in [0.2, 0.25) is 0 Å². The van der Waals surface area contributed by atoms with Crippen LogP contribution >= 0.6 is 24.8 Å². The summed E-state index contributed by atoms with van der Waals surface area (Å²) in [4.78, 5) is 22.6. The maximum atomic E-state index is 11.4. The topological polar surface area (TPSA) is 165 Å². The van der Waals surface area contributed by atoms with Crippen LogP contribution in [0.4, 0.5) is 21.0 Å². The van der Waals surface area contributed by atoms with Crippen molar-refractivity contribution in [1.82, 2.24) is 0 Å². The number of phenols is 1. The van der Waals surface area contributed by atoms with Crippen LogP contribution < -0.4 is 33.2 Å². The third kappa shape index (κ3) is 4.88. The lowest BCUT2D eigenvalue weighted by atomic mass is 10.0. The van der Waals surface area contributed by atoms with E-state index < -0.39 is 12.1 Å². The number of carbonyl (C=O) groups is 2. The number of anilines is 2. The first-order valence-corrected chi connectivity index (χ1v) is 6.43. The summed E-state index contributed by atoms with van der Waals surface area (Å²) in [5, 5.41) is 10.8. The van der Waals surface area contributed by atoms with Crippen molar-refractivity contribution in [2.24, 2.45) is 23.2 Å². The third-order valence-electron chi connectivity index (χ3n) is 3.17. The van der Waals surface area contributed by atoms with Crippen LogP contribution in [-0.4, -0.2) is 17.2 Å². The predicted octanol–water partition coefficient (Wildman–Crippen LogP) is 1.42. The van der Waals surface area contributed by atoms with E-state index in [4.69, 9.17) is 23.2 Å². The molecule has 2 aromatic rings. The van der Waals surface area contributed by atoms with Gasteiger partial charge in [-0.15, -0.1) is 24.8 Å². The highest BCUT2D eigenvalue weighted by atomic mass is 35.5. The van der Waals surface area contributed by atoms with Gasteiger partial charge in [0.15, 0.2) is 0 Å². The Morgan fingerprint density at radius 2 is 1.36 bits per heavy atom. The van der Waals surface area contributed by atoms with Gasteiger partial charge in [0.05, 0.1) is 11.4 Å². The van der Waals surface area contributed by atoms with Gasteiger partial charge in [0.25, 0.3) is 0 Å². The van der Waals surface area contributed by atoms with Gasteiger partial charge in [-0.2, -0.15) is 0 Å². The van der Waals surface area contributed by atoms with E-state index in [-0.39, 0.29) is 41.9 Å². The van der Waals surface area contributed by atoms with Crippen molar-refractivity contribution in [2.45, 2.75) is 0 Å². The molecule has 0 aliphatic heterocycles. The maximum absolute atomic E-state index is 11.4. The maximum Gasteiger partial charge on any atom is 0.333 e. The second kappa shape index (κ2) is 8.94. The smallest absolute Gasteiger partial charge is 0.333 e. The van der Waals surface area contributed by atoms with Crippen LogP contribution in [0.15, 0.2) is 42.5 Å². The normalized spacial score (nSPS) is 9.36. The van der Waals surface area contributed by atoms with E-state index in [0.29, 0.717) is 16.1 Å². The zero-order valence-electron chi connectivity index (χ0n) is 12.8. The van der Waals surface area contributed by atoms with E-state index in [1.807, 2.05) is 0 Å². The molecule has 11 heteroatoms. The number of hydrogen-bond donors (Lipinski definition) is 5. The van der Waals surface area contributed by atoms with Gasteiger partial charge in [-0.25, -0.2) is 31.3 Å². The number of nitrogens with zero attached hydrogens (tertiary/aromatic N) is 2. The molecule has 0 aliphatic carbocycles. The zero-order chi connectivity index (χ0) is 17.1. The number of halogens is 2. The molecular weight excluding hydrogens is 371 g/mol. The fraction of sp³-hybridized carbons (Fsp3) is 0. The van der Waals surface area contributed by atoms with Crippen molar-refractivity contribution in [1.29, 1.82) is 0 Å². The Morgan fingerprint density at radius 3 is 1.84 bits per heavy atom. The monoisotopic (exact) mass is 388 g/mol. The predicted molar refractivity (Wildman–Crippen MR) is 101 cm³/mol. The van der Waals surface area contributed by atoms with Crippen molar-refractivity contribution in [3.63, 3.8) is 0 Å². The number of carbonyl (C=O) groups excluding carboxylic acids is 2. The molecule has 0 aromatic heterocycles. The molecule has 0 aliphatic rings. The second-order valence-corrected chi connectivity index (χ2v) is 4.66. The fourth-order valence-corrected chi connectivity index (χ4v) is 2.00. The summed E-state index contributed by atoms with van der Waals surface area (Å²) in [5.74, 6) is 11.3. The molecule has 0 saturated heterocycles. The van der Waals surface area contributed by atoms with Gasteiger partial charge in [0.2, 0.25) is 0 Å². The van der Waals surface area contributed by atoms with E-state index in [1.54, 1.807) is 18.2 Å². The fourth-order valence-electron chi connectivity index (χ4n) is 2.00. The molecule has 0 heterocycles. The number of phenolic OH excluding ortho intramolecular Hbond substituents is 1. The van der Waals surface area contributed by atoms with Crippen LogP contribution in [0.25, 0.3) is 11.1 Å². The number of urea groups is 2. The molecule has 4 amide bonds. The highest BCUT2D eigenvalue weighted by Crippen LogP contribution is 2.33. The van der Waals surface area contributed by atoms with Crippen molar-refractivity contribution >= 4 is 48.3 Å². The first kappa shape index (κ1) is 22.3. The Labute approximate surface area is 155 Å². The summed E-state index contributed by atoms with van der Waals surface area (Å²) in [6, 6.07) is 8.99. The van der Waals surface area contributed by atoms with E-state index in [0.717, 1.165) is 5.01 Å². The molecule has 0 bridgehead atoms. The minimum absolute atomic E-state index is 0. The number of hydrazine groups is 2. The van der Waals surface area contributed by atoms with E-state index in [2.05, 4.69) is 0 Å². The van der Waals surface area contributed by atoms with Gasteiger partial charge in [0, 0.05) is 5.56 Å². The molecular formula is C14H18Cl2N6O3. The molecule has 25 heavy (non-hydrogen) atoms. The molecule has 9 N–H and O–H groups in total. The minimum Gasteiger partial charge on any atom is -0.508 e. The number of hydrogen-bond acceptors (Lipinski definition) is 5. The van der Waals surface area contributed by atoms with Crippen LogP contribution in [0.1, 0.15) is 0 Å². The Balaban J connectivity index is 0.00000288. The standard InChI is InChI=1S/C14H16N6O3.2ClH/c15-13(22)19(17)9-3-6-11(8-1-4-10(21)5-2-8)12(7-9)20(18)14(16)23;;/h1-7,21H,17-18H2,(H2,15,22)(H2,16,23);2*1H. The number of rotatable bonds is 3. The van der Waals surface area contributed by atoms with Gasteiger partial charge in [-0.3, -0.25) is 0 Å². The summed E-state index contributed by atoms with van der Waals surface area (Å²) < 4.78 is 0. The molecule has 0 unspecified atom stereocenters. The largest absolute Gasteiger partial charge is 0.508 e. The summed E-state index contributed by atoms with van der Waals surface area (Å²) in [5.41, 5.74) is 12.0. The highest BCUT2D eigenvalue weighted by molar-refractivity contribution is 5.97. The molecule has 9 nitrogen and oxygen atoms in total. The van der Waals surface area contributed by atoms with E-state index in [9.17, 15) is 14.7 Å². The Morgan fingerprint density at radius 1 is 0.840 bits per heavy atom. The van der Waals surface area contributed by atoms with Crippen LogP contribution in [-0.2, 0) is 0 Å². The number of primary amides is 2. The second-order valence-electron chi connectivity index (χ2n) is 4.66. The molecule has 2 aromatic carbocycles. The van der Waals surface area contributed by atoms with Crippen molar-refractivity contribution in [2.75, 3.05) is 10.0 Å². The van der Waals surface area contributed by atoms with Gasteiger partial charge >= 0.3 is 12.1 Å². The van der Waals surface area contributed by atoms with Gasteiger partial charge in [-0.05, 0) is 29.8 Å². The Kier molecular flexibility index (Phi) is 7.97. The highest BCUT2D eigenvalue weighted by Gasteiger charge is 2.17. The van der Waals surface area contributed by atoms with Crippen LogP contribution in [0.3, 0.4) is 0 Å². The number of amides is 4. The van der Waals surface area contributed by atoms with Crippen molar-refractivity contribution < 1.29 is 14.7 Å². The zero-order valence-corrected chi connectivity index (χ0v) is 14.5. The molecule has 0 saturated carbocycles. The lowest BCUT2D eigenvalue weighted by molar-refractivity contribution is 0.253. The summed E-state index contributed by atoms with van der Waals surface area (Å²) in [6.45, 7) is 0. The number of nitrogens with two attached hydrogens (primary N) is 4. The first-order chi connectivity index (χ1) is 10.8. The first-order valence-electron chi connectivity index (χ1n) is 6.43. The molecule has 0 radical (unpaired) electrons. The van der Waals surface area contributed by atoms with Gasteiger partial charge < -0.3 is 16.6 Å². The van der Waals surface area contributed by atoms with E-state index >= 15 is 0 Å². The Bertz CT molecular complexity index is 757. The summed E-state index contributed by atoms with van der Waals surface area (Å²) in [7, 11) is 0. The average Bonchev–Trinajstić information content (AvgIpc) is 2.53. The summed E-state index contributed by atoms with van der Waals surface area (Å²) >= 11 is 0. The Hall–Kier alpha value is -2.72. The van der Waals surface area contributed by atoms with Crippen molar-refractivity contribution in [3.8, 4) is 16.9 Å². The van der Waals surface area contributed by atoms with Gasteiger partial charge in [0.1, 0.15) is 5.75 Å². The molecule has 2 rings (SSSR count). The SMILES string of the molecule is Cl.Cl.NC(=O)N(N)c1ccc(-c2ccc(O)cc2)c(N(N)C(N)=O)c1. The molecule has 0 spiro atoms. The molecule has 136 valence electrons. The van der Waals surface area contributed by atoms with Crippen molar-refractivity contribution in [3.05, 3.63) is 42.5 Å².